The van der Waals surface area contributed by atoms with Crippen LogP contribution in [-0.4, -0.2) is 49.5 Å². The third-order valence-electron chi connectivity index (χ3n) is 4.22. The molecule has 0 bridgehead atoms. The molecule has 1 heterocycles. The number of carbonyl (C=O) groups is 1. The van der Waals surface area contributed by atoms with Gasteiger partial charge in [-0.05, 0) is 43.0 Å². The maximum absolute atomic E-state index is 12.4. The van der Waals surface area contributed by atoms with E-state index < -0.39 is 15.6 Å². The predicted molar refractivity (Wildman–Crippen MR) is 76.3 cm³/mol. The van der Waals surface area contributed by atoms with Crippen molar-refractivity contribution in [2.24, 2.45) is 5.92 Å². The lowest BCUT2D eigenvalue weighted by molar-refractivity contribution is -0.0764. The number of benzene rings is 1. The highest BCUT2D eigenvalue weighted by molar-refractivity contribution is 7.89. The second kappa shape index (κ2) is 4.79. The number of sulfonamides is 1. The first kappa shape index (κ1) is 14.5. The number of β-amino-alcohol motifs (C(OH)–C–C–N with tert-alkyl or cyclic N) is 1. The van der Waals surface area contributed by atoms with Crippen LogP contribution in [0.15, 0.2) is 29.2 Å². The molecule has 1 aromatic rings. The number of hydrogen-bond donors (Lipinski definition) is 2. The molecule has 21 heavy (non-hydrogen) atoms. The molecular weight excluding hydrogens is 292 g/mol. The van der Waals surface area contributed by atoms with Gasteiger partial charge in [-0.2, -0.15) is 4.31 Å². The number of nitrogens with one attached hydrogen (secondary N) is 1. The van der Waals surface area contributed by atoms with Crippen molar-refractivity contribution in [3.8, 4) is 0 Å². The van der Waals surface area contributed by atoms with Crippen LogP contribution in [0.3, 0.4) is 0 Å². The zero-order chi connectivity index (χ0) is 15.3. The van der Waals surface area contributed by atoms with E-state index in [1.807, 2.05) is 0 Å². The highest BCUT2D eigenvalue weighted by Crippen LogP contribution is 2.45. The summed E-state index contributed by atoms with van der Waals surface area (Å²) in [4.78, 5) is 11.6. The Morgan fingerprint density at radius 1 is 1.29 bits per heavy atom. The lowest BCUT2D eigenvalue weighted by Crippen LogP contribution is -2.64. The molecule has 2 fully saturated rings. The molecule has 1 saturated heterocycles. The Morgan fingerprint density at radius 3 is 2.33 bits per heavy atom. The van der Waals surface area contributed by atoms with E-state index in [0.29, 0.717) is 5.56 Å². The van der Waals surface area contributed by atoms with Gasteiger partial charge in [0.1, 0.15) is 0 Å². The number of aliphatic hydroxyl groups is 1. The Balaban J connectivity index is 1.75. The monoisotopic (exact) mass is 310 g/mol. The summed E-state index contributed by atoms with van der Waals surface area (Å²) < 4.78 is 26.1. The Bertz CT molecular complexity index is 659. The standard InChI is InChI=1S/C14H18N2O4S/c1-15-13(17)10-2-6-12(7-3-10)21(19,20)16-8-14(18,9-16)11-4-5-11/h2-3,6-7,11,18H,4-5,8-9H2,1H3,(H,15,17). The molecular formula is C14H18N2O4S. The minimum Gasteiger partial charge on any atom is -0.387 e. The number of hydrogen-bond acceptors (Lipinski definition) is 4. The van der Waals surface area contributed by atoms with Crippen molar-refractivity contribution in [3.05, 3.63) is 29.8 Å². The van der Waals surface area contributed by atoms with Crippen molar-refractivity contribution >= 4 is 15.9 Å². The van der Waals surface area contributed by atoms with Gasteiger partial charge in [-0.15, -0.1) is 0 Å². The number of amides is 1. The van der Waals surface area contributed by atoms with Crippen molar-refractivity contribution in [2.45, 2.75) is 23.3 Å². The van der Waals surface area contributed by atoms with Crippen LogP contribution in [0.2, 0.25) is 0 Å². The van der Waals surface area contributed by atoms with Gasteiger partial charge in [-0.3, -0.25) is 4.79 Å². The predicted octanol–water partition coefficient (Wildman–Crippen LogP) is 0.192. The van der Waals surface area contributed by atoms with E-state index in [1.165, 1.54) is 35.6 Å². The van der Waals surface area contributed by atoms with Crippen LogP contribution >= 0.6 is 0 Å². The third kappa shape index (κ3) is 2.45. The van der Waals surface area contributed by atoms with Crippen LogP contribution in [-0.2, 0) is 10.0 Å². The molecule has 7 heteroatoms. The Kier molecular flexibility index (Phi) is 3.31. The zero-order valence-corrected chi connectivity index (χ0v) is 12.6. The second-order valence-electron chi connectivity index (χ2n) is 5.75. The quantitative estimate of drug-likeness (QED) is 0.831. The van der Waals surface area contributed by atoms with E-state index in [9.17, 15) is 18.3 Å². The van der Waals surface area contributed by atoms with Gasteiger partial charge in [0, 0.05) is 25.7 Å². The normalized spacial score (nSPS) is 21.6. The van der Waals surface area contributed by atoms with E-state index in [4.69, 9.17) is 0 Å². The van der Waals surface area contributed by atoms with Crippen molar-refractivity contribution in [1.29, 1.82) is 0 Å². The van der Waals surface area contributed by atoms with Crippen LogP contribution in [0.1, 0.15) is 23.2 Å². The largest absolute Gasteiger partial charge is 0.387 e. The van der Waals surface area contributed by atoms with Gasteiger partial charge in [0.15, 0.2) is 0 Å². The van der Waals surface area contributed by atoms with Gasteiger partial charge in [-0.25, -0.2) is 8.42 Å². The Morgan fingerprint density at radius 2 is 1.86 bits per heavy atom. The summed E-state index contributed by atoms with van der Waals surface area (Å²) in [7, 11) is -2.07. The fraction of sp³-hybridized carbons (Fsp3) is 0.500. The molecule has 2 aliphatic rings. The van der Waals surface area contributed by atoms with E-state index >= 15 is 0 Å². The molecule has 0 unspecified atom stereocenters. The molecule has 0 aromatic heterocycles. The fourth-order valence-electron chi connectivity index (χ4n) is 2.68. The molecule has 0 atom stereocenters. The van der Waals surface area contributed by atoms with Gasteiger partial charge in [0.2, 0.25) is 10.0 Å². The van der Waals surface area contributed by atoms with E-state index in [0.717, 1.165) is 12.8 Å². The van der Waals surface area contributed by atoms with E-state index in [1.54, 1.807) is 0 Å². The number of nitrogens with zero attached hydrogens (tertiary/aromatic N) is 1. The molecule has 114 valence electrons. The lowest BCUT2D eigenvalue weighted by Gasteiger charge is -2.45. The van der Waals surface area contributed by atoms with E-state index in [-0.39, 0.29) is 29.8 Å². The second-order valence-corrected chi connectivity index (χ2v) is 7.69. The summed E-state index contributed by atoms with van der Waals surface area (Å²) in [6.07, 6.45) is 1.95. The fourth-order valence-corrected chi connectivity index (χ4v) is 4.25. The lowest BCUT2D eigenvalue weighted by atomic mass is 9.91. The van der Waals surface area contributed by atoms with Crippen molar-refractivity contribution in [3.63, 3.8) is 0 Å². The minimum absolute atomic E-state index is 0.146. The summed E-state index contributed by atoms with van der Waals surface area (Å²) in [5.74, 6) is -0.00872. The Hall–Kier alpha value is -1.44. The maximum atomic E-state index is 12.4. The summed E-state index contributed by atoms with van der Waals surface area (Å²) in [5, 5.41) is 12.7. The summed E-state index contributed by atoms with van der Waals surface area (Å²) in [6, 6.07) is 5.82. The molecule has 3 rings (SSSR count). The van der Waals surface area contributed by atoms with Gasteiger partial charge in [-0.1, -0.05) is 0 Å². The summed E-state index contributed by atoms with van der Waals surface area (Å²) >= 11 is 0. The van der Waals surface area contributed by atoms with Crippen LogP contribution < -0.4 is 5.32 Å². The molecule has 0 radical (unpaired) electrons. The van der Waals surface area contributed by atoms with Gasteiger partial charge in [0.25, 0.3) is 5.91 Å². The molecule has 0 spiro atoms. The maximum Gasteiger partial charge on any atom is 0.251 e. The highest BCUT2D eigenvalue weighted by Gasteiger charge is 2.55. The third-order valence-corrected chi connectivity index (χ3v) is 6.02. The molecule has 1 aromatic carbocycles. The first-order valence-corrected chi connectivity index (χ1v) is 8.35. The Labute approximate surface area is 123 Å². The van der Waals surface area contributed by atoms with Crippen LogP contribution in [0.25, 0.3) is 0 Å². The van der Waals surface area contributed by atoms with Crippen molar-refractivity contribution < 1.29 is 18.3 Å². The summed E-state index contributed by atoms with van der Waals surface area (Å²) in [5.41, 5.74) is -0.427. The number of carbonyl (C=O) groups excluding carboxylic acids is 1. The van der Waals surface area contributed by atoms with Crippen LogP contribution in [0.5, 0.6) is 0 Å². The van der Waals surface area contributed by atoms with Crippen molar-refractivity contribution in [2.75, 3.05) is 20.1 Å². The van der Waals surface area contributed by atoms with E-state index in [2.05, 4.69) is 5.32 Å². The minimum atomic E-state index is -3.59. The molecule has 1 saturated carbocycles. The highest BCUT2D eigenvalue weighted by atomic mass is 32.2. The van der Waals surface area contributed by atoms with Gasteiger partial charge < -0.3 is 10.4 Å². The van der Waals surface area contributed by atoms with Gasteiger partial charge in [0.05, 0.1) is 10.5 Å². The zero-order valence-electron chi connectivity index (χ0n) is 11.7. The molecule has 1 amide bonds. The first-order chi connectivity index (χ1) is 9.87. The van der Waals surface area contributed by atoms with Crippen molar-refractivity contribution in [1.82, 2.24) is 9.62 Å². The molecule has 1 aliphatic carbocycles. The molecule has 2 N–H and O–H groups in total. The molecule has 6 nitrogen and oxygen atoms in total. The average molecular weight is 310 g/mol. The molecule has 1 aliphatic heterocycles. The van der Waals surface area contributed by atoms with Crippen LogP contribution in [0.4, 0.5) is 0 Å². The summed E-state index contributed by atoms with van der Waals surface area (Å²) in [6.45, 7) is 0.328. The van der Waals surface area contributed by atoms with Crippen LogP contribution in [0, 0.1) is 5.92 Å². The topological polar surface area (TPSA) is 86.7 Å². The smallest absolute Gasteiger partial charge is 0.251 e. The SMILES string of the molecule is CNC(=O)c1ccc(S(=O)(=O)N2CC(O)(C3CC3)C2)cc1. The van der Waals surface area contributed by atoms with Gasteiger partial charge >= 0.3 is 0 Å². The first-order valence-electron chi connectivity index (χ1n) is 6.91. The average Bonchev–Trinajstić information content (AvgIpc) is 3.28. The number of rotatable bonds is 4.